The van der Waals surface area contributed by atoms with Crippen molar-refractivity contribution < 1.29 is 8.42 Å². The summed E-state index contributed by atoms with van der Waals surface area (Å²) in [6.07, 6.45) is 3.16. The third-order valence-corrected chi connectivity index (χ3v) is 5.80. The molecule has 0 atom stereocenters. The summed E-state index contributed by atoms with van der Waals surface area (Å²) in [6, 6.07) is 0.199. The summed E-state index contributed by atoms with van der Waals surface area (Å²) in [5.41, 5.74) is 0. The first kappa shape index (κ1) is 15.9. The highest BCUT2D eigenvalue weighted by atomic mass is 32.2. The SMILES string of the molecule is CCS(=O)(=O)N(C)C1CCN(CCC(C)C)CC1. The molecule has 0 N–H and O–H groups in total. The zero-order valence-electron chi connectivity index (χ0n) is 12.2. The van der Waals surface area contributed by atoms with Gasteiger partial charge in [0.1, 0.15) is 0 Å². The van der Waals surface area contributed by atoms with Gasteiger partial charge in [0.15, 0.2) is 0 Å². The van der Waals surface area contributed by atoms with Crippen molar-refractivity contribution in [2.45, 2.75) is 46.1 Å². The van der Waals surface area contributed by atoms with Gasteiger partial charge in [0.05, 0.1) is 5.75 Å². The van der Waals surface area contributed by atoms with Crippen LogP contribution in [0.3, 0.4) is 0 Å². The Kier molecular flexibility index (Phi) is 6.08. The van der Waals surface area contributed by atoms with E-state index in [2.05, 4.69) is 18.7 Å². The van der Waals surface area contributed by atoms with Crippen LogP contribution in [0.5, 0.6) is 0 Å². The Hall–Kier alpha value is -0.130. The molecule has 4 nitrogen and oxygen atoms in total. The van der Waals surface area contributed by atoms with E-state index < -0.39 is 10.0 Å². The lowest BCUT2D eigenvalue weighted by Gasteiger charge is -2.36. The van der Waals surface area contributed by atoms with Gasteiger partial charge in [-0.2, -0.15) is 0 Å². The summed E-state index contributed by atoms with van der Waals surface area (Å²) in [5, 5.41) is 0. The number of rotatable bonds is 6. The molecule has 0 amide bonds. The van der Waals surface area contributed by atoms with E-state index in [-0.39, 0.29) is 11.8 Å². The van der Waals surface area contributed by atoms with Crippen LogP contribution >= 0.6 is 0 Å². The fraction of sp³-hybridized carbons (Fsp3) is 1.00. The molecule has 0 aliphatic carbocycles. The minimum absolute atomic E-state index is 0.199. The standard InChI is InChI=1S/C13H28N2O2S/c1-5-18(16,17)14(4)13-7-10-15(11-8-13)9-6-12(2)3/h12-13H,5-11H2,1-4H3. The molecule has 0 aromatic carbocycles. The molecule has 1 aliphatic heterocycles. The molecule has 0 saturated carbocycles. The Labute approximate surface area is 112 Å². The lowest BCUT2D eigenvalue weighted by Crippen LogP contribution is -2.46. The van der Waals surface area contributed by atoms with E-state index in [4.69, 9.17) is 0 Å². The minimum Gasteiger partial charge on any atom is -0.303 e. The maximum atomic E-state index is 11.8. The largest absolute Gasteiger partial charge is 0.303 e. The second-order valence-electron chi connectivity index (χ2n) is 5.67. The fourth-order valence-corrected chi connectivity index (χ4v) is 3.45. The number of sulfonamides is 1. The van der Waals surface area contributed by atoms with Crippen LogP contribution in [-0.4, -0.2) is 56.1 Å². The van der Waals surface area contributed by atoms with E-state index in [0.29, 0.717) is 0 Å². The molecule has 1 rings (SSSR count). The van der Waals surface area contributed by atoms with Crippen LogP contribution in [0.15, 0.2) is 0 Å². The average Bonchev–Trinajstić information content (AvgIpc) is 2.36. The molecule has 1 fully saturated rings. The van der Waals surface area contributed by atoms with Gasteiger partial charge in [0.25, 0.3) is 0 Å². The van der Waals surface area contributed by atoms with Crippen LogP contribution in [0, 0.1) is 5.92 Å². The fourth-order valence-electron chi connectivity index (χ4n) is 2.38. The van der Waals surface area contributed by atoms with Crippen LogP contribution in [0.2, 0.25) is 0 Å². The van der Waals surface area contributed by atoms with Crippen molar-refractivity contribution in [3.05, 3.63) is 0 Å². The zero-order chi connectivity index (χ0) is 13.8. The molecule has 5 heteroatoms. The molecule has 0 aromatic rings. The van der Waals surface area contributed by atoms with Crippen molar-refractivity contribution in [2.24, 2.45) is 5.92 Å². The monoisotopic (exact) mass is 276 g/mol. The highest BCUT2D eigenvalue weighted by molar-refractivity contribution is 7.89. The van der Waals surface area contributed by atoms with Gasteiger partial charge in [-0.05, 0) is 51.7 Å². The Morgan fingerprint density at radius 2 is 1.83 bits per heavy atom. The maximum Gasteiger partial charge on any atom is 0.213 e. The number of nitrogens with zero attached hydrogens (tertiary/aromatic N) is 2. The van der Waals surface area contributed by atoms with E-state index in [0.717, 1.165) is 38.4 Å². The molecule has 0 unspecified atom stereocenters. The normalized spacial score (nSPS) is 19.9. The van der Waals surface area contributed by atoms with Crippen molar-refractivity contribution in [3.8, 4) is 0 Å². The Bertz CT molecular complexity index is 333. The van der Waals surface area contributed by atoms with E-state index >= 15 is 0 Å². The van der Waals surface area contributed by atoms with Crippen molar-refractivity contribution in [1.82, 2.24) is 9.21 Å². The number of likely N-dealkylation sites (tertiary alicyclic amines) is 1. The Balaban J connectivity index is 2.40. The minimum atomic E-state index is -3.03. The first-order valence-electron chi connectivity index (χ1n) is 7.05. The van der Waals surface area contributed by atoms with Crippen LogP contribution < -0.4 is 0 Å². The van der Waals surface area contributed by atoms with Gasteiger partial charge in [0.2, 0.25) is 10.0 Å². The van der Waals surface area contributed by atoms with Crippen molar-refractivity contribution >= 4 is 10.0 Å². The summed E-state index contributed by atoms with van der Waals surface area (Å²) < 4.78 is 25.2. The van der Waals surface area contributed by atoms with Gasteiger partial charge < -0.3 is 4.90 Å². The zero-order valence-corrected chi connectivity index (χ0v) is 13.0. The van der Waals surface area contributed by atoms with Gasteiger partial charge in [-0.3, -0.25) is 0 Å². The highest BCUT2D eigenvalue weighted by Gasteiger charge is 2.28. The first-order chi connectivity index (χ1) is 8.36. The predicted molar refractivity (Wildman–Crippen MR) is 76.1 cm³/mol. The second kappa shape index (κ2) is 6.87. The molecular formula is C13H28N2O2S. The summed E-state index contributed by atoms with van der Waals surface area (Å²) in [5.74, 6) is 0.947. The van der Waals surface area contributed by atoms with Crippen LogP contribution in [0.25, 0.3) is 0 Å². The molecule has 1 aliphatic rings. The van der Waals surface area contributed by atoms with E-state index in [9.17, 15) is 8.42 Å². The number of piperidine rings is 1. The molecule has 0 radical (unpaired) electrons. The number of hydrogen-bond donors (Lipinski definition) is 0. The van der Waals surface area contributed by atoms with Gasteiger partial charge in [-0.15, -0.1) is 0 Å². The van der Waals surface area contributed by atoms with Crippen molar-refractivity contribution in [3.63, 3.8) is 0 Å². The highest BCUT2D eigenvalue weighted by Crippen LogP contribution is 2.18. The molecule has 0 aromatic heterocycles. The second-order valence-corrected chi connectivity index (χ2v) is 7.99. The van der Waals surface area contributed by atoms with Crippen molar-refractivity contribution in [2.75, 3.05) is 32.4 Å². The Morgan fingerprint density at radius 1 is 1.28 bits per heavy atom. The van der Waals surface area contributed by atoms with Crippen LogP contribution in [0.4, 0.5) is 0 Å². The predicted octanol–water partition coefficient (Wildman–Crippen LogP) is 1.78. The van der Waals surface area contributed by atoms with Crippen LogP contribution in [-0.2, 0) is 10.0 Å². The summed E-state index contributed by atoms with van der Waals surface area (Å²) in [4.78, 5) is 2.46. The molecule has 0 bridgehead atoms. The molecular weight excluding hydrogens is 248 g/mol. The summed E-state index contributed by atoms with van der Waals surface area (Å²) in [7, 11) is -1.30. The topological polar surface area (TPSA) is 40.6 Å². The third kappa shape index (κ3) is 4.52. The number of hydrogen-bond acceptors (Lipinski definition) is 3. The first-order valence-corrected chi connectivity index (χ1v) is 8.65. The smallest absolute Gasteiger partial charge is 0.213 e. The van der Waals surface area contributed by atoms with E-state index in [1.54, 1.807) is 18.3 Å². The summed E-state index contributed by atoms with van der Waals surface area (Å²) in [6.45, 7) is 9.41. The maximum absolute atomic E-state index is 11.8. The lowest BCUT2D eigenvalue weighted by molar-refractivity contribution is 0.164. The molecule has 1 saturated heterocycles. The van der Waals surface area contributed by atoms with Gasteiger partial charge in [0, 0.05) is 13.1 Å². The quantitative estimate of drug-likeness (QED) is 0.742. The van der Waals surface area contributed by atoms with E-state index in [1.807, 2.05) is 0 Å². The average molecular weight is 276 g/mol. The molecule has 108 valence electrons. The molecule has 18 heavy (non-hydrogen) atoms. The molecule has 0 spiro atoms. The van der Waals surface area contributed by atoms with Gasteiger partial charge in [-0.25, -0.2) is 12.7 Å². The van der Waals surface area contributed by atoms with Gasteiger partial charge in [-0.1, -0.05) is 13.8 Å². The van der Waals surface area contributed by atoms with Crippen molar-refractivity contribution in [1.29, 1.82) is 0 Å². The summed E-state index contributed by atoms with van der Waals surface area (Å²) >= 11 is 0. The lowest BCUT2D eigenvalue weighted by atomic mass is 10.0. The molecule has 1 heterocycles. The van der Waals surface area contributed by atoms with Gasteiger partial charge >= 0.3 is 0 Å². The van der Waals surface area contributed by atoms with Crippen LogP contribution in [0.1, 0.15) is 40.0 Å². The third-order valence-electron chi connectivity index (χ3n) is 3.90. The Morgan fingerprint density at radius 3 is 2.28 bits per heavy atom. The van der Waals surface area contributed by atoms with E-state index in [1.165, 1.54) is 6.42 Å².